The van der Waals surface area contributed by atoms with Gasteiger partial charge in [0.1, 0.15) is 0 Å². The molecule has 150 valence electrons. The van der Waals surface area contributed by atoms with Gasteiger partial charge in [-0.05, 0) is 76.3 Å². The number of hydrogen-bond donors (Lipinski definition) is 2. The first-order valence-electron chi connectivity index (χ1n) is 11.5. The van der Waals surface area contributed by atoms with E-state index >= 15 is 0 Å². The van der Waals surface area contributed by atoms with E-state index in [2.05, 4.69) is 36.2 Å². The minimum absolute atomic E-state index is 0.454. The van der Waals surface area contributed by atoms with Gasteiger partial charge in [-0.1, -0.05) is 37.8 Å². The standard InChI is InChI=1S/C24H39N3/c1-17(26-24-12-4-3-11-23(24)25)13-21-10-5-7-18(2)27(21)22-15-19-8-6-9-20(14-19)16-22/h3-4,11-12,17-22,26H,5-10,13-16,25H2,1-2H3/t17-,18+,19?,20?,21+,22?/m1/s1. The lowest BCUT2D eigenvalue weighted by molar-refractivity contribution is -0.00882. The van der Waals surface area contributed by atoms with Gasteiger partial charge in [-0.2, -0.15) is 0 Å². The molecule has 3 heteroatoms. The number of nitrogen functional groups attached to an aromatic ring is 1. The molecule has 2 bridgehead atoms. The molecule has 0 aromatic heterocycles. The largest absolute Gasteiger partial charge is 0.397 e. The van der Waals surface area contributed by atoms with Gasteiger partial charge in [0.15, 0.2) is 0 Å². The van der Waals surface area contributed by atoms with Crippen molar-refractivity contribution in [3.63, 3.8) is 0 Å². The molecule has 4 rings (SSSR count). The van der Waals surface area contributed by atoms with Crippen LogP contribution in [0.5, 0.6) is 0 Å². The molecule has 5 atom stereocenters. The molecular formula is C24H39N3. The Morgan fingerprint density at radius 3 is 2.48 bits per heavy atom. The molecule has 2 unspecified atom stereocenters. The predicted molar refractivity (Wildman–Crippen MR) is 116 cm³/mol. The summed E-state index contributed by atoms with van der Waals surface area (Å²) >= 11 is 0. The summed E-state index contributed by atoms with van der Waals surface area (Å²) < 4.78 is 0. The maximum atomic E-state index is 6.15. The lowest BCUT2D eigenvalue weighted by Gasteiger charge is -2.51. The first-order valence-corrected chi connectivity index (χ1v) is 11.5. The van der Waals surface area contributed by atoms with E-state index in [-0.39, 0.29) is 0 Å². The third-order valence-electron chi connectivity index (χ3n) is 7.60. The maximum absolute atomic E-state index is 6.15. The molecule has 2 aliphatic carbocycles. The summed E-state index contributed by atoms with van der Waals surface area (Å²) in [6, 6.07) is 10.9. The number of benzene rings is 1. The van der Waals surface area contributed by atoms with Crippen molar-refractivity contribution in [3.05, 3.63) is 24.3 Å². The van der Waals surface area contributed by atoms with Crippen molar-refractivity contribution in [2.75, 3.05) is 11.1 Å². The van der Waals surface area contributed by atoms with Crippen molar-refractivity contribution in [1.82, 2.24) is 4.90 Å². The Morgan fingerprint density at radius 1 is 1.04 bits per heavy atom. The fourth-order valence-electron chi connectivity index (χ4n) is 6.51. The predicted octanol–water partition coefficient (Wildman–Crippen LogP) is 5.67. The number of nitrogens with one attached hydrogen (secondary N) is 1. The smallest absolute Gasteiger partial charge is 0.0575 e. The fourth-order valence-corrected chi connectivity index (χ4v) is 6.51. The molecule has 1 aliphatic heterocycles. The highest BCUT2D eigenvalue weighted by molar-refractivity contribution is 5.65. The number of nitrogens with zero attached hydrogens (tertiary/aromatic N) is 1. The van der Waals surface area contributed by atoms with Crippen LogP contribution in [-0.2, 0) is 0 Å². The fraction of sp³-hybridized carbons (Fsp3) is 0.750. The minimum atomic E-state index is 0.454. The number of nitrogens with two attached hydrogens (primary N) is 1. The molecule has 1 aromatic rings. The van der Waals surface area contributed by atoms with E-state index in [4.69, 9.17) is 5.73 Å². The van der Waals surface area contributed by atoms with Crippen LogP contribution in [0.15, 0.2) is 24.3 Å². The van der Waals surface area contributed by atoms with E-state index in [1.54, 1.807) is 0 Å². The third kappa shape index (κ3) is 4.45. The summed E-state index contributed by atoms with van der Waals surface area (Å²) in [6.45, 7) is 4.82. The van der Waals surface area contributed by atoms with E-state index < -0.39 is 0 Å². The van der Waals surface area contributed by atoms with Crippen LogP contribution < -0.4 is 11.1 Å². The highest BCUT2D eigenvalue weighted by Crippen LogP contribution is 2.44. The van der Waals surface area contributed by atoms with Gasteiger partial charge in [-0.3, -0.25) is 4.90 Å². The Kier molecular flexibility index (Phi) is 5.96. The van der Waals surface area contributed by atoms with Crippen molar-refractivity contribution in [2.45, 2.75) is 102 Å². The number of piperidine rings is 1. The summed E-state index contributed by atoms with van der Waals surface area (Å²) in [5.41, 5.74) is 8.10. The van der Waals surface area contributed by atoms with Gasteiger partial charge in [0.2, 0.25) is 0 Å². The molecule has 0 radical (unpaired) electrons. The van der Waals surface area contributed by atoms with Gasteiger partial charge >= 0.3 is 0 Å². The van der Waals surface area contributed by atoms with Crippen LogP contribution in [-0.4, -0.2) is 29.1 Å². The Labute approximate surface area is 166 Å². The number of rotatable bonds is 5. The second-order valence-electron chi connectivity index (χ2n) is 9.77. The van der Waals surface area contributed by atoms with Crippen LogP contribution >= 0.6 is 0 Å². The maximum Gasteiger partial charge on any atom is 0.0575 e. The molecule has 3 nitrogen and oxygen atoms in total. The second kappa shape index (κ2) is 8.43. The van der Waals surface area contributed by atoms with Crippen molar-refractivity contribution in [1.29, 1.82) is 0 Å². The molecule has 1 saturated heterocycles. The molecular weight excluding hydrogens is 330 g/mol. The SMILES string of the molecule is C[C@H](C[C@@H]1CCC[C@H](C)N1C1CC2CCCC(C2)C1)Nc1ccccc1N. The Balaban J connectivity index is 1.42. The van der Waals surface area contributed by atoms with E-state index in [0.717, 1.165) is 41.3 Å². The Bertz CT molecular complexity index is 603. The highest BCUT2D eigenvalue weighted by atomic mass is 15.2. The average Bonchev–Trinajstić information content (AvgIpc) is 2.63. The molecule has 3 fully saturated rings. The summed E-state index contributed by atoms with van der Waals surface area (Å²) in [6.07, 6.45) is 14.3. The van der Waals surface area contributed by atoms with Crippen LogP contribution in [0.2, 0.25) is 0 Å². The van der Waals surface area contributed by atoms with Crippen LogP contribution in [0.3, 0.4) is 0 Å². The summed E-state index contributed by atoms with van der Waals surface area (Å²) in [4.78, 5) is 2.97. The molecule has 3 N–H and O–H groups in total. The van der Waals surface area contributed by atoms with E-state index in [1.807, 2.05) is 12.1 Å². The zero-order valence-electron chi connectivity index (χ0n) is 17.4. The zero-order chi connectivity index (χ0) is 18.8. The van der Waals surface area contributed by atoms with Crippen molar-refractivity contribution in [2.24, 2.45) is 11.8 Å². The van der Waals surface area contributed by atoms with E-state index in [1.165, 1.54) is 64.2 Å². The normalized spacial score (nSPS) is 35.6. The molecule has 3 aliphatic rings. The van der Waals surface area contributed by atoms with Crippen molar-refractivity contribution in [3.8, 4) is 0 Å². The molecule has 0 spiro atoms. The highest BCUT2D eigenvalue weighted by Gasteiger charge is 2.40. The van der Waals surface area contributed by atoms with E-state index in [0.29, 0.717) is 6.04 Å². The van der Waals surface area contributed by atoms with Gasteiger partial charge in [0.25, 0.3) is 0 Å². The lowest BCUT2D eigenvalue weighted by Crippen LogP contribution is -2.54. The topological polar surface area (TPSA) is 41.3 Å². The summed E-state index contributed by atoms with van der Waals surface area (Å²) in [5.74, 6) is 2.02. The first kappa shape index (κ1) is 19.1. The number of anilines is 2. The van der Waals surface area contributed by atoms with Crippen LogP contribution in [0, 0.1) is 11.8 Å². The van der Waals surface area contributed by atoms with Crippen LogP contribution in [0.1, 0.15) is 78.1 Å². The third-order valence-corrected chi connectivity index (χ3v) is 7.60. The number of hydrogen-bond acceptors (Lipinski definition) is 3. The monoisotopic (exact) mass is 369 g/mol. The lowest BCUT2D eigenvalue weighted by atomic mass is 9.69. The Hall–Kier alpha value is -1.22. The van der Waals surface area contributed by atoms with Crippen molar-refractivity contribution >= 4 is 11.4 Å². The summed E-state index contributed by atoms with van der Waals surface area (Å²) in [7, 11) is 0. The summed E-state index contributed by atoms with van der Waals surface area (Å²) in [5, 5.41) is 3.68. The molecule has 1 aromatic carbocycles. The van der Waals surface area contributed by atoms with Crippen LogP contribution in [0.4, 0.5) is 11.4 Å². The van der Waals surface area contributed by atoms with Gasteiger partial charge in [-0.25, -0.2) is 0 Å². The van der Waals surface area contributed by atoms with Gasteiger partial charge in [0.05, 0.1) is 11.4 Å². The first-order chi connectivity index (χ1) is 13.1. The second-order valence-corrected chi connectivity index (χ2v) is 9.77. The molecule has 2 saturated carbocycles. The molecule has 0 amide bonds. The molecule has 27 heavy (non-hydrogen) atoms. The number of para-hydroxylation sites is 2. The quantitative estimate of drug-likeness (QED) is 0.657. The number of fused-ring (bicyclic) bond motifs is 2. The molecule has 1 heterocycles. The Morgan fingerprint density at radius 2 is 1.74 bits per heavy atom. The zero-order valence-corrected chi connectivity index (χ0v) is 17.4. The van der Waals surface area contributed by atoms with E-state index in [9.17, 15) is 0 Å². The van der Waals surface area contributed by atoms with Gasteiger partial charge < -0.3 is 11.1 Å². The minimum Gasteiger partial charge on any atom is -0.397 e. The number of likely N-dealkylation sites (tertiary alicyclic amines) is 1. The van der Waals surface area contributed by atoms with Crippen LogP contribution in [0.25, 0.3) is 0 Å². The average molecular weight is 370 g/mol. The van der Waals surface area contributed by atoms with Gasteiger partial charge in [-0.15, -0.1) is 0 Å². The van der Waals surface area contributed by atoms with Crippen molar-refractivity contribution < 1.29 is 0 Å². The van der Waals surface area contributed by atoms with Gasteiger partial charge in [0, 0.05) is 24.2 Å².